The van der Waals surface area contributed by atoms with Gasteiger partial charge in [0.25, 0.3) is 0 Å². The molecule has 0 aliphatic heterocycles. The number of halogens is 3. The summed E-state index contributed by atoms with van der Waals surface area (Å²) in [5.41, 5.74) is 0. The van der Waals surface area contributed by atoms with E-state index >= 15 is 0 Å². The molecule has 0 bridgehead atoms. The maximum Gasteiger partial charge on any atom is 0.390 e. The average Bonchev–Trinajstić information content (AvgIpc) is 2.26. The molecule has 0 spiro atoms. The van der Waals surface area contributed by atoms with Crippen LogP contribution in [0.4, 0.5) is 13.2 Å². The Labute approximate surface area is 116 Å². The van der Waals surface area contributed by atoms with Gasteiger partial charge in [-0.1, -0.05) is 6.92 Å². The molecule has 0 saturated carbocycles. The highest BCUT2D eigenvalue weighted by molar-refractivity contribution is 7.89. The molecule has 0 aromatic rings. The summed E-state index contributed by atoms with van der Waals surface area (Å²) in [7, 11) is -2.59. The van der Waals surface area contributed by atoms with Gasteiger partial charge in [-0.2, -0.15) is 13.2 Å². The molecule has 5 nitrogen and oxygen atoms in total. The lowest BCUT2D eigenvalue weighted by atomic mass is 9.98. The molecule has 20 heavy (non-hydrogen) atoms. The third kappa shape index (κ3) is 8.49. The number of ether oxygens (including phenoxy) is 1. The van der Waals surface area contributed by atoms with Crippen molar-refractivity contribution >= 4 is 15.8 Å². The van der Waals surface area contributed by atoms with Gasteiger partial charge in [0.1, 0.15) is 6.10 Å². The fourth-order valence-corrected chi connectivity index (χ4v) is 2.79. The Morgan fingerprint density at radius 1 is 1.35 bits per heavy atom. The molecular weight excluding hydrogens is 299 g/mol. The van der Waals surface area contributed by atoms with Crippen LogP contribution in [-0.2, 0) is 19.6 Å². The van der Waals surface area contributed by atoms with E-state index in [1.807, 2.05) is 0 Å². The first-order valence-electron chi connectivity index (χ1n) is 6.06. The first kappa shape index (κ1) is 19.3. The summed E-state index contributed by atoms with van der Waals surface area (Å²) in [5, 5.41) is 0. The smallest absolute Gasteiger partial charge is 0.373 e. The van der Waals surface area contributed by atoms with Crippen molar-refractivity contribution in [3.8, 4) is 0 Å². The Balaban J connectivity index is 4.19. The molecule has 0 amide bonds. The highest BCUT2D eigenvalue weighted by Crippen LogP contribution is 2.20. The summed E-state index contributed by atoms with van der Waals surface area (Å²) in [6.07, 6.45) is -6.23. The molecule has 0 heterocycles. The van der Waals surface area contributed by atoms with Crippen molar-refractivity contribution in [2.24, 2.45) is 5.92 Å². The molecule has 0 aliphatic rings. The molecule has 1 N–H and O–H groups in total. The van der Waals surface area contributed by atoms with Crippen LogP contribution in [0, 0.1) is 5.92 Å². The summed E-state index contributed by atoms with van der Waals surface area (Å²) in [4.78, 5) is 11.2. The van der Waals surface area contributed by atoms with Gasteiger partial charge in [-0.05, 0) is 19.3 Å². The molecule has 9 heteroatoms. The van der Waals surface area contributed by atoms with E-state index in [0.29, 0.717) is 6.42 Å². The number of carbonyl (C=O) groups excluding carboxylic acids is 1. The maximum absolute atomic E-state index is 11.9. The molecular formula is C11H20F3NO4S. The number of Topliss-reactive ketones (excluding diaryl/α,β-unsaturated/α-hetero) is 1. The van der Waals surface area contributed by atoms with E-state index in [1.54, 1.807) is 6.92 Å². The van der Waals surface area contributed by atoms with Crippen LogP contribution in [0.1, 0.15) is 26.7 Å². The van der Waals surface area contributed by atoms with Crippen LogP contribution in [0.5, 0.6) is 0 Å². The van der Waals surface area contributed by atoms with E-state index in [-0.39, 0.29) is 18.2 Å². The number of hydrogen-bond donors (Lipinski definition) is 1. The number of nitrogens with one attached hydrogen (secondary N) is 1. The zero-order valence-corrected chi connectivity index (χ0v) is 12.5. The van der Waals surface area contributed by atoms with Crippen LogP contribution in [0.3, 0.4) is 0 Å². The number of alkyl halides is 3. The summed E-state index contributed by atoms with van der Waals surface area (Å²) < 4.78 is 65.5. The first-order valence-corrected chi connectivity index (χ1v) is 7.71. The third-order valence-corrected chi connectivity index (χ3v) is 4.13. The number of methoxy groups -OCH3 is 1. The van der Waals surface area contributed by atoms with Crippen molar-refractivity contribution in [3.05, 3.63) is 0 Å². The average molecular weight is 319 g/mol. The van der Waals surface area contributed by atoms with Crippen molar-refractivity contribution < 1.29 is 31.1 Å². The minimum absolute atomic E-state index is 0.0332. The van der Waals surface area contributed by atoms with E-state index in [9.17, 15) is 26.4 Å². The highest BCUT2D eigenvalue weighted by atomic mass is 32.2. The normalized spacial score (nSPS) is 15.9. The topological polar surface area (TPSA) is 72.5 Å². The number of rotatable bonds is 9. The molecule has 0 radical (unpaired) electrons. The largest absolute Gasteiger partial charge is 0.390 e. The number of hydrogen-bond acceptors (Lipinski definition) is 4. The highest BCUT2D eigenvalue weighted by Gasteiger charge is 2.30. The van der Waals surface area contributed by atoms with Gasteiger partial charge >= 0.3 is 6.18 Å². The summed E-state index contributed by atoms with van der Waals surface area (Å²) in [6, 6.07) is 0. The van der Waals surface area contributed by atoms with E-state index in [0.717, 1.165) is 0 Å². The summed E-state index contributed by atoms with van der Waals surface area (Å²) >= 11 is 0. The zero-order valence-electron chi connectivity index (χ0n) is 11.7. The molecule has 0 saturated heterocycles. The molecule has 2 atom stereocenters. The SMILES string of the molecule is CO[C@@H](C(C)=O)[C@@H](C)CCNS(=O)(=O)CCC(F)(F)F. The van der Waals surface area contributed by atoms with Gasteiger partial charge in [-0.25, -0.2) is 13.1 Å². The fraction of sp³-hybridized carbons (Fsp3) is 0.909. The van der Waals surface area contributed by atoms with Gasteiger partial charge in [0.05, 0.1) is 12.2 Å². The predicted molar refractivity (Wildman–Crippen MR) is 67.7 cm³/mol. The number of ketones is 1. The van der Waals surface area contributed by atoms with Crippen molar-refractivity contribution in [1.82, 2.24) is 4.72 Å². The summed E-state index contributed by atoms with van der Waals surface area (Å²) in [5.74, 6) is -1.41. The molecule has 0 aliphatic carbocycles. The van der Waals surface area contributed by atoms with Crippen LogP contribution in [0.2, 0.25) is 0 Å². The molecule has 0 fully saturated rings. The van der Waals surface area contributed by atoms with Crippen molar-refractivity contribution in [3.63, 3.8) is 0 Å². The third-order valence-electron chi connectivity index (χ3n) is 2.75. The maximum atomic E-state index is 11.9. The zero-order chi connectivity index (χ0) is 16.0. The lowest BCUT2D eigenvalue weighted by Crippen LogP contribution is -2.34. The second-order valence-electron chi connectivity index (χ2n) is 4.61. The van der Waals surface area contributed by atoms with Crippen molar-refractivity contribution in [2.75, 3.05) is 19.4 Å². The van der Waals surface area contributed by atoms with Gasteiger partial charge in [0.2, 0.25) is 10.0 Å². The number of carbonyl (C=O) groups is 1. The van der Waals surface area contributed by atoms with Gasteiger partial charge < -0.3 is 4.74 Å². The van der Waals surface area contributed by atoms with Crippen LogP contribution in [-0.4, -0.2) is 45.9 Å². The molecule has 0 aromatic carbocycles. The van der Waals surface area contributed by atoms with E-state index in [1.165, 1.54) is 14.0 Å². The van der Waals surface area contributed by atoms with E-state index in [4.69, 9.17) is 4.74 Å². The van der Waals surface area contributed by atoms with Gasteiger partial charge in [0, 0.05) is 13.7 Å². The molecule has 120 valence electrons. The van der Waals surface area contributed by atoms with Crippen molar-refractivity contribution in [2.45, 2.75) is 39.0 Å². The van der Waals surface area contributed by atoms with Crippen LogP contribution in [0.25, 0.3) is 0 Å². The molecule has 0 aromatic heterocycles. The molecule has 0 rings (SSSR count). The van der Waals surface area contributed by atoms with Crippen LogP contribution < -0.4 is 4.72 Å². The van der Waals surface area contributed by atoms with Gasteiger partial charge in [-0.15, -0.1) is 0 Å². The van der Waals surface area contributed by atoms with Crippen molar-refractivity contribution in [1.29, 1.82) is 0 Å². The van der Waals surface area contributed by atoms with Gasteiger partial charge in [0.15, 0.2) is 5.78 Å². The van der Waals surface area contributed by atoms with Crippen LogP contribution >= 0.6 is 0 Å². The fourth-order valence-electron chi connectivity index (χ4n) is 1.71. The lowest BCUT2D eigenvalue weighted by Gasteiger charge is -2.20. The minimum atomic E-state index is -4.50. The Hall–Kier alpha value is -0.670. The monoisotopic (exact) mass is 319 g/mol. The summed E-state index contributed by atoms with van der Waals surface area (Å²) in [6.45, 7) is 3.03. The Morgan fingerprint density at radius 2 is 1.90 bits per heavy atom. The predicted octanol–water partition coefficient (Wildman–Crippen LogP) is 1.49. The first-order chi connectivity index (χ1) is 8.98. The van der Waals surface area contributed by atoms with Gasteiger partial charge in [-0.3, -0.25) is 4.79 Å². The van der Waals surface area contributed by atoms with Crippen LogP contribution in [0.15, 0.2) is 0 Å². The Morgan fingerprint density at radius 3 is 2.30 bits per heavy atom. The minimum Gasteiger partial charge on any atom is -0.373 e. The molecule has 0 unspecified atom stereocenters. The number of sulfonamides is 1. The lowest BCUT2D eigenvalue weighted by molar-refractivity contribution is -0.130. The second-order valence-corrected chi connectivity index (χ2v) is 6.54. The quantitative estimate of drug-likeness (QED) is 0.699. The standard InChI is InChI=1S/C11H20F3NO4S/c1-8(10(19-3)9(2)16)4-6-15-20(17,18)7-5-11(12,13)14/h8,10,15H,4-7H2,1-3H3/t8-,10+/m0/s1. The van der Waals surface area contributed by atoms with E-state index < -0.39 is 34.5 Å². The Kier molecular flexibility index (Phi) is 7.67. The Bertz CT molecular complexity index is 408. The second kappa shape index (κ2) is 7.94. The van der Waals surface area contributed by atoms with E-state index in [2.05, 4.69) is 4.72 Å².